The van der Waals surface area contributed by atoms with Gasteiger partial charge in [-0.05, 0) is 32.2 Å². The highest BCUT2D eigenvalue weighted by Gasteiger charge is 2.33. The molecule has 0 amide bonds. The molecule has 30 heavy (non-hydrogen) atoms. The van der Waals surface area contributed by atoms with Crippen LogP contribution in [0.1, 0.15) is 38.2 Å². The van der Waals surface area contributed by atoms with Crippen LogP contribution in [0.4, 0.5) is 13.2 Å². The van der Waals surface area contributed by atoms with E-state index in [9.17, 15) is 13.2 Å². The molecular formula is C21H25F3N4O2. The zero-order valence-corrected chi connectivity index (χ0v) is 17.4. The number of alkyl halides is 3. The minimum Gasteiger partial charge on any atom is -0.382 e. The fourth-order valence-corrected chi connectivity index (χ4v) is 3.28. The molecule has 1 aromatic carbocycles. The molecule has 162 valence electrons. The molecule has 0 radical (unpaired) electrons. The molecule has 1 unspecified atom stereocenters. The molecule has 0 N–H and O–H groups in total. The molecule has 2 aromatic heterocycles. The number of aromatic nitrogens is 4. The average molecular weight is 422 g/mol. The predicted octanol–water partition coefficient (Wildman–Crippen LogP) is 4.69. The van der Waals surface area contributed by atoms with Crippen molar-refractivity contribution in [3.05, 3.63) is 42.0 Å². The number of nitrogens with zero attached hydrogens (tertiary/aromatic N) is 4. The van der Waals surface area contributed by atoms with Gasteiger partial charge in [-0.15, -0.1) is 0 Å². The smallest absolute Gasteiger partial charge is 0.382 e. The average Bonchev–Trinajstić information content (AvgIpc) is 3.10. The fraction of sp³-hybridized carbons (Fsp3) is 0.476. The number of fused-ring (bicyclic) bond motifs is 1. The van der Waals surface area contributed by atoms with E-state index in [0.717, 1.165) is 6.07 Å². The normalized spacial score (nSPS) is 13.3. The summed E-state index contributed by atoms with van der Waals surface area (Å²) < 4.78 is 52.9. The third-order valence-corrected chi connectivity index (χ3v) is 4.63. The maximum atomic E-state index is 13.5. The van der Waals surface area contributed by atoms with Crippen LogP contribution in [0, 0.1) is 0 Å². The molecular weight excluding hydrogens is 397 g/mol. The molecule has 0 spiro atoms. The van der Waals surface area contributed by atoms with Gasteiger partial charge in [0.25, 0.3) is 0 Å². The standard InChI is InChI=1S/C21H25F3N4O2/c1-13(2)30-9-8-19-26-20(28(27-19)14(3)12-29-4)17-11-25-10-16-15(17)6-5-7-18(16)21(22,23)24/h5-7,10-11,13-14H,8-9,12H2,1-4H3. The summed E-state index contributed by atoms with van der Waals surface area (Å²) >= 11 is 0. The van der Waals surface area contributed by atoms with E-state index in [0.29, 0.717) is 42.2 Å². The summed E-state index contributed by atoms with van der Waals surface area (Å²) in [4.78, 5) is 8.69. The first-order chi connectivity index (χ1) is 14.2. The van der Waals surface area contributed by atoms with E-state index < -0.39 is 11.7 Å². The number of hydrogen-bond acceptors (Lipinski definition) is 5. The Labute approximate surface area is 173 Å². The first-order valence-electron chi connectivity index (χ1n) is 9.72. The first-order valence-corrected chi connectivity index (χ1v) is 9.72. The highest BCUT2D eigenvalue weighted by molar-refractivity contribution is 5.96. The summed E-state index contributed by atoms with van der Waals surface area (Å²) in [5.41, 5.74) is -0.235. The second-order valence-electron chi connectivity index (χ2n) is 7.36. The van der Waals surface area contributed by atoms with Crippen molar-refractivity contribution in [2.75, 3.05) is 20.3 Å². The van der Waals surface area contributed by atoms with Crippen LogP contribution in [0.25, 0.3) is 22.2 Å². The lowest BCUT2D eigenvalue weighted by Crippen LogP contribution is -2.14. The van der Waals surface area contributed by atoms with Crippen molar-refractivity contribution in [2.45, 2.75) is 45.5 Å². The van der Waals surface area contributed by atoms with Gasteiger partial charge in [0.15, 0.2) is 11.6 Å². The monoisotopic (exact) mass is 422 g/mol. The Bertz CT molecular complexity index is 1000. The number of rotatable bonds is 8. The van der Waals surface area contributed by atoms with Gasteiger partial charge in [0.05, 0.1) is 30.9 Å². The number of methoxy groups -OCH3 is 1. The van der Waals surface area contributed by atoms with E-state index in [4.69, 9.17) is 9.47 Å². The van der Waals surface area contributed by atoms with E-state index in [1.807, 2.05) is 20.8 Å². The SMILES string of the molecule is COCC(C)n1nc(CCOC(C)C)nc1-c1cncc2c(C(F)(F)F)cccc12. The maximum Gasteiger partial charge on any atom is 0.417 e. The van der Waals surface area contributed by atoms with Crippen molar-refractivity contribution < 1.29 is 22.6 Å². The van der Waals surface area contributed by atoms with Gasteiger partial charge in [-0.25, -0.2) is 9.67 Å². The quantitative estimate of drug-likeness (QED) is 0.527. The molecule has 0 saturated heterocycles. The third-order valence-electron chi connectivity index (χ3n) is 4.63. The van der Waals surface area contributed by atoms with Crippen LogP contribution in [-0.4, -0.2) is 46.2 Å². The van der Waals surface area contributed by atoms with Gasteiger partial charge in [-0.1, -0.05) is 12.1 Å². The van der Waals surface area contributed by atoms with E-state index in [1.54, 1.807) is 17.9 Å². The summed E-state index contributed by atoms with van der Waals surface area (Å²) in [6.45, 7) is 6.63. The van der Waals surface area contributed by atoms with Gasteiger partial charge in [0.2, 0.25) is 0 Å². The van der Waals surface area contributed by atoms with Crippen LogP contribution < -0.4 is 0 Å². The van der Waals surface area contributed by atoms with Gasteiger partial charge >= 0.3 is 6.18 Å². The number of pyridine rings is 1. The van der Waals surface area contributed by atoms with Crippen LogP contribution in [0.5, 0.6) is 0 Å². The Morgan fingerprint density at radius 3 is 2.53 bits per heavy atom. The second-order valence-corrected chi connectivity index (χ2v) is 7.36. The lowest BCUT2D eigenvalue weighted by atomic mass is 10.0. The summed E-state index contributed by atoms with van der Waals surface area (Å²) in [6, 6.07) is 3.92. The van der Waals surface area contributed by atoms with Gasteiger partial charge in [-0.3, -0.25) is 4.98 Å². The number of hydrogen-bond donors (Lipinski definition) is 0. The van der Waals surface area contributed by atoms with Gasteiger partial charge in [0.1, 0.15) is 0 Å². The van der Waals surface area contributed by atoms with Crippen molar-refractivity contribution in [3.8, 4) is 11.4 Å². The van der Waals surface area contributed by atoms with Crippen molar-refractivity contribution in [1.82, 2.24) is 19.7 Å². The van der Waals surface area contributed by atoms with Crippen molar-refractivity contribution in [1.29, 1.82) is 0 Å². The summed E-state index contributed by atoms with van der Waals surface area (Å²) in [5.74, 6) is 1.01. The van der Waals surface area contributed by atoms with Gasteiger partial charge < -0.3 is 9.47 Å². The predicted molar refractivity (Wildman–Crippen MR) is 107 cm³/mol. The summed E-state index contributed by atoms with van der Waals surface area (Å²) in [7, 11) is 1.58. The molecule has 0 saturated carbocycles. The van der Waals surface area contributed by atoms with E-state index in [1.165, 1.54) is 18.5 Å². The van der Waals surface area contributed by atoms with Crippen LogP contribution >= 0.6 is 0 Å². The highest BCUT2D eigenvalue weighted by atomic mass is 19.4. The van der Waals surface area contributed by atoms with Crippen LogP contribution in [0.2, 0.25) is 0 Å². The molecule has 0 aliphatic rings. The largest absolute Gasteiger partial charge is 0.417 e. The molecule has 3 aromatic rings. The molecule has 1 atom stereocenters. The van der Waals surface area contributed by atoms with Crippen molar-refractivity contribution in [2.24, 2.45) is 0 Å². The molecule has 9 heteroatoms. The van der Waals surface area contributed by atoms with E-state index in [-0.39, 0.29) is 17.5 Å². The Balaban J connectivity index is 2.11. The second kappa shape index (κ2) is 9.09. The zero-order valence-electron chi connectivity index (χ0n) is 17.4. The van der Waals surface area contributed by atoms with Crippen LogP contribution in [-0.2, 0) is 22.1 Å². The summed E-state index contributed by atoms with van der Waals surface area (Å²) in [5, 5.41) is 5.02. The number of ether oxygens (including phenoxy) is 2. The Kier molecular flexibility index (Phi) is 6.72. The lowest BCUT2D eigenvalue weighted by Gasteiger charge is -2.15. The fourth-order valence-electron chi connectivity index (χ4n) is 3.28. The molecule has 0 fully saturated rings. The third kappa shape index (κ3) is 4.79. The Hall–Kier alpha value is -2.52. The highest BCUT2D eigenvalue weighted by Crippen LogP contribution is 2.37. The van der Waals surface area contributed by atoms with Crippen LogP contribution in [0.3, 0.4) is 0 Å². The molecule has 0 bridgehead atoms. The number of benzene rings is 1. The lowest BCUT2D eigenvalue weighted by molar-refractivity contribution is -0.136. The molecule has 2 heterocycles. The maximum absolute atomic E-state index is 13.5. The van der Waals surface area contributed by atoms with E-state index in [2.05, 4.69) is 15.1 Å². The van der Waals surface area contributed by atoms with Gasteiger partial charge in [0, 0.05) is 36.9 Å². The summed E-state index contributed by atoms with van der Waals surface area (Å²) in [6.07, 6.45) is -1.14. The molecule has 3 rings (SSSR count). The zero-order chi connectivity index (χ0) is 21.9. The van der Waals surface area contributed by atoms with Crippen LogP contribution in [0.15, 0.2) is 30.6 Å². The van der Waals surface area contributed by atoms with E-state index >= 15 is 0 Å². The number of halogens is 3. The molecule has 6 nitrogen and oxygen atoms in total. The Morgan fingerprint density at radius 2 is 1.87 bits per heavy atom. The molecule has 0 aliphatic heterocycles. The minimum atomic E-state index is -4.48. The topological polar surface area (TPSA) is 62.1 Å². The van der Waals surface area contributed by atoms with Gasteiger partial charge in [-0.2, -0.15) is 18.3 Å². The minimum absolute atomic E-state index is 0.0288. The Morgan fingerprint density at radius 1 is 1.10 bits per heavy atom. The van der Waals surface area contributed by atoms with Crippen molar-refractivity contribution >= 4 is 10.8 Å². The molecule has 0 aliphatic carbocycles. The van der Waals surface area contributed by atoms with Crippen molar-refractivity contribution in [3.63, 3.8) is 0 Å². The first kappa shape index (κ1) is 22.2.